The SMILES string of the molecule is O=c1c2c(Cl)cccc2nc(CNc2ncnc3[nH]cnc23)n1-c1ccccc1Cl. The standard InChI is InChI=1S/C20H13Cl2N7O/c21-11-4-1-2-7-14(11)29-15(28-13-6-3-5-12(22)16(13)20(29)30)8-23-18-17-19(25-9-24-17)27-10-26-18/h1-7,9-10H,8H2,(H2,23,24,25,26,27). The molecule has 0 aliphatic heterocycles. The number of H-pyrrole nitrogens is 1. The summed E-state index contributed by atoms with van der Waals surface area (Å²) in [6, 6.07) is 12.2. The van der Waals surface area contributed by atoms with Crippen LogP contribution in [0.15, 0.2) is 59.9 Å². The molecule has 2 aromatic carbocycles. The molecular weight excluding hydrogens is 425 g/mol. The highest BCUT2D eigenvalue weighted by molar-refractivity contribution is 6.35. The summed E-state index contributed by atoms with van der Waals surface area (Å²) >= 11 is 12.7. The number of para-hydroxylation sites is 1. The zero-order valence-electron chi connectivity index (χ0n) is 15.3. The second-order valence-electron chi connectivity index (χ2n) is 6.43. The van der Waals surface area contributed by atoms with Crippen molar-refractivity contribution >= 4 is 51.1 Å². The number of imidazole rings is 1. The first-order chi connectivity index (χ1) is 14.6. The van der Waals surface area contributed by atoms with E-state index in [1.807, 2.05) is 0 Å². The van der Waals surface area contributed by atoms with E-state index < -0.39 is 0 Å². The first-order valence-electron chi connectivity index (χ1n) is 8.96. The number of nitrogens with one attached hydrogen (secondary N) is 2. The minimum absolute atomic E-state index is 0.196. The lowest BCUT2D eigenvalue weighted by atomic mass is 10.2. The van der Waals surface area contributed by atoms with Crippen molar-refractivity contribution in [1.29, 1.82) is 0 Å². The Morgan fingerprint density at radius 3 is 2.70 bits per heavy atom. The van der Waals surface area contributed by atoms with E-state index in [4.69, 9.17) is 23.2 Å². The topological polar surface area (TPSA) is 101 Å². The zero-order valence-corrected chi connectivity index (χ0v) is 16.8. The number of anilines is 1. The number of aromatic nitrogens is 6. The highest BCUT2D eigenvalue weighted by atomic mass is 35.5. The molecule has 0 saturated heterocycles. The van der Waals surface area contributed by atoms with E-state index in [1.54, 1.807) is 48.8 Å². The van der Waals surface area contributed by atoms with Crippen molar-refractivity contribution in [1.82, 2.24) is 29.5 Å². The Morgan fingerprint density at radius 1 is 1.00 bits per heavy atom. The zero-order chi connectivity index (χ0) is 20.7. The van der Waals surface area contributed by atoms with Gasteiger partial charge in [-0.05, 0) is 24.3 Å². The lowest BCUT2D eigenvalue weighted by Gasteiger charge is -2.16. The van der Waals surface area contributed by atoms with Crippen LogP contribution in [0.2, 0.25) is 10.0 Å². The number of fused-ring (bicyclic) bond motifs is 2. The quantitative estimate of drug-likeness (QED) is 0.440. The largest absolute Gasteiger partial charge is 0.361 e. The van der Waals surface area contributed by atoms with Crippen LogP contribution in [-0.4, -0.2) is 29.5 Å². The maximum Gasteiger partial charge on any atom is 0.267 e. The molecule has 2 N–H and O–H groups in total. The number of halogens is 2. The Balaban J connectivity index is 1.69. The average Bonchev–Trinajstić information content (AvgIpc) is 3.22. The molecule has 0 saturated carbocycles. The minimum Gasteiger partial charge on any atom is -0.361 e. The van der Waals surface area contributed by atoms with Gasteiger partial charge in [0.05, 0.1) is 39.5 Å². The summed E-state index contributed by atoms with van der Waals surface area (Å²) < 4.78 is 1.46. The Hall–Kier alpha value is -3.49. The Morgan fingerprint density at radius 2 is 1.83 bits per heavy atom. The molecule has 0 aliphatic rings. The first kappa shape index (κ1) is 18.5. The lowest BCUT2D eigenvalue weighted by molar-refractivity contribution is 0.837. The fraction of sp³-hybridized carbons (Fsp3) is 0.0500. The molecule has 0 bridgehead atoms. The average molecular weight is 438 g/mol. The molecule has 10 heteroatoms. The van der Waals surface area contributed by atoms with Crippen LogP contribution in [0.3, 0.4) is 0 Å². The molecule has 0 unspecified atom stereocenters. The smallest absolute Gasteiger partial charge is 0.267 e. The maximum atomic E-state index is 13.4. The van der Waals surface area contributed by atoms with Crippen molar-refractivity contribution in [2.45, 2.75) is 6.54 Å². The van der Waals surface area contributed by atoms with Gasteiger partial charge in [-0.2, -0.15) is 0 Å². The highest BCUT2D eigenvalue weighted by Crippen LogP contribution is 2.24. The van der Waals surface area contributed by atoms with Crippen LogP contribution in [0, 0.1) is 0 Å². The van der Waals surface area contributed by atoms with Crippen LogP contribution in [-0.2, 0) is 6.54 Å². The van der Waals surface area contributed by atoms with Gasteiger partial charge in [0.15, 0.2) is 11.5 Å². The van der Waals surface area contributed by atoms with Crippen molar-refractivity contribution in [3.8, 4) is 5.69 Å². The van der Waals surface area contributed by atoms with Crippen molar-refractivity contribution in [3.63, 3.8) is 0 Å². The first-order valence-corrected chi connectivity index (χ1v) is 9.72. The van der Waals surface area contributed by atoms with E-state index >= 15 is 0 Å². The third kappa shape index (κ3) is 3.06. The number of benzene rings is 2. The fourth-order valence-electron chi connectivity index (χ4n) is 3.29. The molecule has 30 heavy (non-hydrogen) atoms. The molecular formula is C20H13Cl2N7O. The molecule has 5 rings (SSSR count). The molecule has 0 aliphatic carbocycles. The number of hydrogen-bond donors (Lipinski definition) is 2. The van der Waals surface area contributed by atoms with Gasteiger partial charge in [-0.25, -0.2) is 19.9 Å². The van der Waals surface area contributed by atoms with Crippen molar-refractivity contribution in [3.05, 3.63) is 81.3 Å². The summed E-state index contributed by atoms with van der Waals surface area (Å²) in [7, 11) is 0. The van der Waals surface area contributed by atoms with E-state index in [0.29, 0.717) is 49.4 Å². The summed E-state index contributed by atoms with van der Waals surface area (Å²) in [6.45, 7) is 0.196. The summed E-state index contributed by atoms with van der Waals surface area (Å²) in [4.78, 5) is 33.6. The number of aromatic amines is 1. The Bertz CT molecular complexity index is 1460. The third-order valence-electron chi connectivity index (χ3n) is 4.64. The molecule has 0 fully saturated rings. The third-order valence-corrected chi connectivity index (χ3v) is 5.28. The summed E-state index contributed by atoms with van der Waals surface area (Å²) in [5.41, 5.74) is 1.91. The van der Waals surface area contributed by atoms with E-state index in [-0.39, 0.29) is 12.1 Å². The Labute approximate surface area is 179 Å². The number of nitrogens with zero attached hydrogens (tertiary/aromatic N) is 5. The maximum absolute atomic E-state index is 13.4. The van der Waals surface area contributed by atoms with Crippen molar-refractivity contribution < 1.29 is 0 Å². The summed E-state index contributed by atoms with van der Waals surface area (Å²) in [5.74, 6) is 0.970. The van der Waals surface area contributed by atoms with Gasteiger partial charge >= 0.3 is 0 Å². The highest BCUT2D eigenvalue weighted by Gasteiger charge is 2.17. The molecule has 0 amide bonds. The van der Waals surface area contributed by atoms with Crippen LogP contribution < -0.4 is 10.9 Å². The monoisotopic (exact) mass is 437 g/mol. The van der Waals surface area contributed by atoms with Gasteiger partial charge in [0, 0.05) is 0 Å². The van der Waals surface area contributed by atoms with E-state index in [1.165, 1.54) is 10.9 Å². The molecule has 3 heterocycles. The van der Waals surface area contributed by atoms with Crippen LogP contribution >= 0.6 is 23.2 Å². The van der Waals surface area contributed by atoms with Gasteiger partial charge in [-0.3, -0.25) is 9.36 Å². The van der Waals surface area contributed by atoms with Crippen LogP contribution in [0.4, 0.5) is 5.82 Å². The summed E-state index contributed by atoms with van der Waals surface area (Å²) in [5, 5.41) is 4.28. The molecule has 0 spiro atoms. The van der Waals surface area contributed by atoms with E-state index in [2.05, 4.69) is 30.2 Å². The van der Waals surface area contributed by atoms with Crippen molar-refractivity contribution in [2.75, 3.05) is 5.32 Å². The van der Waals surface area contributed by atoms with Gasteiger partial charge in [-0.15, -0.1) is 0 Å². The lowest BCUT2D eigenvalue weighted by Crippen LogP contribution is -2.26. The molecule has 5 aromatic rings. The second kappa shape index (κ2) is 7.40. The van der Waals surface area contributed by atoms with Crippen molar-refractivity contribution in [2.24, 2.45) is 0 Å². The molecule has 0 radical (unpaired) electrons. The van der Waals surface area contributed by atoms with Crippen LogP contribution in [0.5, 0.6) is 0 Å². The number of rotatable bonds is 4. The van der Waals surface area contributed by atoms with Crippen LogP contribution in [0.1, 0.15) is 5.82 Å². The Kier molecular flexibility index (Phi) is 4.57. The van der Waals surface area contributed by atoms with Crippen LogP contribution in [0.25, 0.3) is 27.8 Å². The molecule has 0 atom stereocenters. The fourth-order valence-corrected chi connectivity index (χ4v) is 3.76. The summed E-state index contributed by atoms with van der Waals surface area (Å²) in [6.07, 6.45) is 2.97. The predicted molar refractivity (Wildman–Crippen MR) is 116 cm³/mol. The van der Waals surface area contributed by atoms with Gasteiger partial charge < -0.3 is 10.3 Å². The number of hydrogen-bond acceptors (Lipinski definition) is 6. The van der Waals surface area contributed by atoms with Gasteiger partial charge in [0.2, 0.25) is 0 Å². The van der Waals surface area contributed by atoms with E-state index in [0.717, 1.165) is 0 Å². The minimum atomic E-state index is -0.303. The second-order valence-corrected chi connectivity index (χ2v) is 7.24. The molecule has 3 aromatic heterocycles. The van der Waals surface area contributed by atoms with Gasteiger partial charge in [0.1, 0.15) is 17.7 Å². The normalized spacial score (nSPS) is 11.3. The van der Waals surface area contributed by atoms with Gasteiger partial charge in [0.25, 0.3) is 5.56 Å². The van der Waals surface area contributed by atoms with Gasteiger partial charge in [-0.1, -0.05) is 41.4 Å². The van der Waals surface area contributed by atoms with E-state index in [9.17, 15) is 4.79 Å². The predicted octanol–water partition coefficient (Wildman–Crippen LogP) is 3.97. The molecule has 148 valence electrons. The molecule has 8 nitrogen and oxygen atoms in total.